The molecule has 0 N–H and O–H groups in total. The van der Waals surface area contributed by atoms with Crippen LogP contribution >= 0.6 is 0 Å². The maximum Gasteiger partial charge on any atom is 0.246 e. The molecule has 0 heterocycles. The van der Waals surface area contributed by atoms with Gasteiger partial charge in [0.1, 0.15) is 6.04 Å². The van der Waals surface area contributed by atoms with Crippen molar-refractivity contribution in [3.8, 4) is 0 Å². The van der Waals surface area contributed by atoms with Gasteiger partial charge < -0.3 is 4.90 Å². The molecule has 140 valence electrons. The Morgan fingerprint density at radius 1 is 1.04 bits per heavy atom. The second-order valence-corrected chi connectivity index (χ2v) is 8.36. The van der Waals surface area contributed by atoms with Crippen LogP contribution in [0.1, 0.15) is 24.5 Å². The number of likely N-dealkylation sites (N-methyl/N-ethyl adjacent to an activating group) is 1. The molecule has 0 aromatic heterocycles. The lowest BCUT2D eigenvalue weighted by atomic mass is 10.1. The Morgan fingerprint density at radius 3 is 2.12 bits per heavy atom. The van der Waals surface area contributed by atoms with Crippen LogP contribution in [0.5, 0.6) is 0 Å². The van der Waals surface area contributed by atoms with E-state index < -0.39 is 16.1 Å². The Morgan fingerprint density at radius 2 is 1.62 bits per heavy atom. The maximum absolute atomic E-state index is 13.0. The summed E-state index contributed by atoms with van der Waals surface area (Å²) < 4.78 is 26.1. The molecule has 6 heteroatoms. The summed E-state index contributed by atoms with van der Waals surface area (Å²) in [5.74, 6) is -0.220. The zero-order chi connectivity index (χ0) is 19.3. The Kier molecular flexibility index (Phi) is 6.42. The summed E-state index contributed by atoms with van der Waals surface area (Å²) in [4.78, 5) is 14.6. The molecule has 0 saturated carbocycles. The minimum absolute atomic E-state index is 0.220. The van der Waals surface area contributed by atoms with Gasteiger partial charge in [-0.2, -0.15) is 0 Å². The number of hydrogen-bond donors (Lipinski definition) is 0. The van der Waals surface area contributed by atoms with Crippen LogP contribution in [0.2, 0.25) is 0 Å². The molecule has 0 radical (unpaired) electrons. The molecular formula is C20H26N2O3S. The van der Waals surface area contributed by atoms with E-state index >= 15 is 0 Å². The number of benzene rings is 2. The number of rotatable bonds is 7. The minimum atomic E-state index is -3.61. The summed E-state index contributed by atoms with van der Waals surface area (Å²) >= 11 is 0. The first-order valence-electron chi connectivity index (χ1n) is 8.59. The van der Waals surface area contributed by atoms with Gasteiger partial charge in [0.05, 0.1) is 11.9 Å². The van der Waals surface area contributed by atoms with Gasteiger partial charge in [-0.1, -0.05) is 55.0 Å². The lowest BCUT2D eigenvalue weighted by molar-refractivity contribution is -0.131. The quantitative estimate of drug-likeness (QED) is 0.748. The van der Waals surface area contributed by atoms with E-state index in [0.717, 1.165) is 17.4 Å². The number of amides is 1. The molecule has 2 aromatic carbocycles. The molecule has 0 aliphatic rings. The smallest absolute Gasteiger partial charge is 0.246 e. The highest BCUT2D eigenvalue weighted by Crippen LogP contribution is 2.24. The molecular weight excluding hydrogens is 348 g/mol. The third-order valence-electron chi connectivity index (χ3n) is 4.24. The predicted molar refractivity (Wildman–Crippen MR) is 105 cm³/mol. The van der Waals surface area contributed by atoms with E-state index in [1.54, 1.807) is 24.1 Å². The van der Waals surface area contributed by atoms with Crippen molar-refractivity contribution in [2.75, 3.05) is 17.6 Å². The lowest BCUT2D eigenvalue weighted by Gasteiger charge is -2.33. The van der Waals surface area contributed by atoms with Crippen LogP contribution in [0, 0.1) is 6.92 Å². The zero-order valence-corrected chi connectivity index (χ0v) is 16.5. The first-order valence-corrected chi connectivity index (χ1v) is 10.4. The van der Waals surface area contributed by atoms with Crippen molar-refractivity contribution >= 4 is 21.6 Å². The Hall–Kier alpha value is -2.34. The van der Waals surface area contributed by atoms with Crippen LogP contribution in [0.3, 0.4) is 0 Å². The van der Waals surface area contributed by atoms with E-state index in [1.807, 2.05) is 56.3 Å². The molecule has 1 unspecified atom stereocenters. The number of nitrogens with zero attached hydrogens (tertiary/aromatic N) is 2. The maximum atomic E-state index is 13.0. The molecule has 0 bridgehead atoms. The fourth-order valence-electron chi connectivity index (χ4n) is 2.92. The highest BCUT2D eigenvalue weighted by atomic mass is 32.2. The van der Waals surface area contributed by atoms with Crippen LogP contribution in [-0.4, -0.2) is 38.6 Å². The van der Waals surface area contributed by atoms with E-state index in [2.05, 4.69) is 0 Å². The molecule has 26 heavy (non-hydrogen) atoms. The van der Waals surface area contributed by atoms with E-state index in [0.29, 0.717) is 18.7 Å². The number of anilines is 1. The highest BCUT2D eigenvalue weighted by Gasteiger charge is 2.33. The second-order valence-electron chi connectivity index (χ2n) is 6.50. The third-order valence-corrected chi connectivity index (χ3v) is 5.42. The van der Waals surface area contributed by atoms with Gasteiger partial charge in [0.25, 0.3) is 0 Å². The van der Waals surface area contributed by atoms with Gasteiger partial charge in [-0.15, -0.1) is 0 Å². The molecule has 0 aliphatic carbocycles. The van der Waals surface area contributed by atoms with Crippen molar-refractivity contribution in [3.63, 3.8) is 0 Å². The van der Waals surface area contributed by atoms with Crippen LogP contribution in [0.25, 0.3) is 0 Å². The van der Waals surface area contributed by atoms with E-state index in [4.69, 9.17) is 0 Å². The Bertz CT molecular complexity index is 833. The van der Waals surface area contributed by atoms with Gasteiger partial charge in [-0.05, 0) is 31.0 Å². The zero-order valence-electron chi connectivity index (χ0n) is 15.7. The molecule has 2 aromatic rings. The average Bonchev–Trinajstić information content (AvgIpc) is 2.60. The van der Waals surface area contributed by atoms with Gasteiger partial charge >= 0.3 is 0 Å². The number of aryl methyl sites for hydroxylation is 1. The van der Waals surface area contributed by atoms with E-state index in [9.17, 15) is 13.2 Å². The molecule has 2 rings (SSSR count). The van der Waals surface area contributed by atoms with Crippen LogP contribution in [0.4, 0.5) is 5.69 Å². The van der Waals surface area contributed by atoms with Gasteiger partial charge in [0.2, 0.25) is 15.9 Å². The summed E-state index contributed by atoms with van der Waals surface area (Å²) in [7, 11) is -1.91. The third kappa shape index (κ3) is 4.85. The van der Waals surface area contributed by atoms with Crippen LogP contribution in [0.15, 0.2) is 54.6 Å². The number of carbonyl (C=O) groups is 1. The first kappa shape index (κ1) is 20.0. The molecule has 0 fully saturated rings. The van der Waals surface area contributed by atoms with Gasteiger partial charge in [0.15, 0.2) is 0 Å². The Balaban J connectivity index is 2.32. The normalized spacial score (nSPS) is 12.5. The average molecular weight is 375 g/mol. The fourth-order valence-corrected chi connectivity index (χ4v) is 4.13. The molecule has 0 spiro atoms. The Labute approximate surface area is 156 Å². The standard InChI is InChI=1S/C20H26N2O3S/c1-5-19(20(23)21(3)15-17-9-7-6-8-10-17)22(26(4,24)25)18-13-11-16(2)12-14-18/h6-14,19H,5,15H2,1-4H3. The van der Waals surface area contributed by atoms with Crippen molar-refractivity contribution < 1.29 is 13.2 Å². The van der Waals surface area contributed by atoms with Crippen molar-refractivity contribution in [1.82, 2.24) is 4.90 Å². The summed E-state index contributed by atoms with van der Waals surface area (Å²) in [5.41, 5.74) is 2.54. The summed E-state index contributed by atoms with van der Waals surface area (Å²) in [6.07, 6.45) is 1.53. The van der Waals surface area contributed by atoms with Gasteiger partial charge in [0, 0.05) is 13.6 Å². The molecule has 1 atom stereocenters. The summed E-state index contributed by atoms with van der Waals surface area (Å²) in [5, 5.41) is 0. The minimum Gasteiger partial charge on any atom is -0.340 e. The fraction of sp³-hybridized carbons (Fsp3) is 0.350. The van der Waals surface area contributed by atoms with Gasteiger partial charge in [-0.25, -0.2) is 8.42 Å². The van der Waals surface area contributed by atoms with E-state index in [-0.39, 0.29) is 5.91 Å². The van der Waals surface area contributed by atoms with Crippen molar-refractivity contribution in [2.45, 2.75) is 32.9 Å². The summed E-state index contributed by atoms with van der Waals surface area (Å²) in [6, 6.07) is 16.0. The van der Waals surface area contributed by atoms with Crippen molar-refractivity contribution in [1.29, 1.82) is 0 Å². The molecule has 1 amide bonds. The lowest BCUT2D eigenvalue weighted by Crippen LogP contribution is -2.49. The number of hydrogen-bond acceptors (Lipinski definition) is 3. The van der Waals surface area contributed by atoms with E-state index in [1.165, 1.54) is 4.31 Å². The second kappa shape index (κ2) is 8.36. The monoisotopic (exact) mass is 374 g/mol. The van der Waals surface area contributed by atoms with Crippen LogP contribution < -0.4 is 4.31 Å². The number of carbonyl (C=O) groups excluding carboxylic acids is 1. The predicted octanol–water partition coefficient (Wildman–Crippen LogP) is 3.20. The summed E-state index contributed by atoms with van der Waals surface area (Å²) in [6.45, 7) is 4.19. The molecule has 0 aliphatic heterocycles. The SMILES string of the molecule is CCC(C(=O)N(C)Cc1ccccc1)N(c1ccc(C)cc1)S(C)(=O)=O. The molecule has 0 saturated heterocycles. The van der Waals surface area contributed by atoms with Crippen molar-refractivity contribution in [2.24, 2.45) is 0 Å². The highest BCUT2D eigenvalue weighted by molar-refractivity contribution is 7.92. The first-order chi connectivity index (χ1) is 12.2. The van der Waals surface area contributed by atoms with Crippen LogP contribution in [-0.2, 0) is 21.4 Å². The largest absolute Gasteiger partial charge is 0.340 e. The topological polar surface area (TPSA) is 57.7 Å². The molecule has 5 nitrogen and oxygen atoms in total. The van der Waals surface area contributed by atoms with Crippen molar-refractivity contribution in [3.05, 3.63) is 65.7 Å². The number of sulfonamides is 1. The van der Waals surface area contributed by atoms with Gasteiger partial charge in [-0.3, -0.25) is 9.10 Å².